The predicted octanol–water partition coefficient (Wildman–Crippen LogP) is 2.37. The number of ketones is 2. The average Bonchev–Trinajstić information content (AvgIpc) is 3.11. The largest absolute Gasteiger partial charge is 0.390 e. The second kappa shape index (κ2) is 6.34. The Morgan fingerprint density at radius 1 is 1.22 bits per heavy atom. The Morgan fingerprint density at radius 3 is 2.56 bits per heavy atom. The third kappa shape index (κ3) is 2.32. The van der Waals surface area contributed by atoms with E-state index < -0.39 is 76.3 Å². The fourth-order valence-electron chi connectivity index (χ4n) is 7.92. The number of alkyl halides is 2. The van der Waals surface area contributed by atoms with Crippen molar-refractivity contribution in [1.82, 2.24) is 0 Å². The first-order chi connectivity index (χ1) is 14.8. The number of halogens is 2. The van der Waals surface area contributed by atoms with Crippen molar-refractivity contribution in [3.8, 4) is 0 Å². The molecule has 5 aliphatic rings. The lowest BCUT2D eigenvalue weighted by Gasteiger charge is -2.63. The van der Waals surface area contributed by atoms with Gasteiger partial charge in [0, 0.05) is 16.7 Å². The number of aliphatic hydroxyl groups excluding tert-OH is 2. The van der Waals surface area contributed by atoms with Crippen molar-refractivity contribution in [1.29, 1.82) is 0 Å². The molecule has 0 aromatic rings. The Bertz CT molecular complexity index is 960. The Kier molecular flexibility index (Phi) is 4.42. The normalized spacial score (nSPS) is 53.2. The van der Waals surface area contributed by atoms with E-state index in [0.717, 1.165) is 6.08 Å². The van der Waals surface area contributed by atoms with Crippen LogP contribution in [0.4, 0.5) is 8.78 Å². The zero-order valence-corrected chi connectivity index (χ0v) is 18.7. The van der Waals surface area contributed by atoms with Gasteiger partial charge in [-0.3, -0.25) is 9.59 Å². The van der Waals surface area contributed by atoms with E-state index in [-0.39, 0.29) is 24.8 Å². The van der Waals surface area contributed by atoms with Crippen LogP contribution in [0.5, 0.6) is 0 Å². The van der Waals surface area contributed by atoms with E-state index in [0.29, 0.717) is 0 Å². The number of Topliss-reactive ketones (excluding diaryl/α,β-unsaturated/α-hetero) is 1. The first kappa shape index (κ1) is 22.3. The molecule has 0 aromatic heterocycles. The van der Waals surface area contributed by atoms with E-state index in [4.69, 9.17) is 9.47 Å². The van der Waals surface area contributed by atoms with E-state index in [2.05, 4.69) is 0 Å². The maximum absolute atomic E-state index is 17.1. The highest BCUT2D eigenvalue weighted by atomic mass is 19.1. The van der Waals surface area contributed by atoms with E-state index in [1.165, 1.54) is 19.1 Å². The van der Waals surface area contributed by atoms with Gasteiger partial charge in [-0.15, -0.1) is 0 Å². The highest BCUT2D eigenvalue weighted by Gasteiger charge is 2.80. The lowest BCUT2D eigenvalue weighted by molar-refractivity contribution is -0.248. The van der Waals surface area contributed by atoms with Crippen molar-refractivity contribution >= 4 is 11.6 Å². The van der Waals surface area contributed by atoms with E-state index in [1.807, 2.05) is 0 Å². The molecule has 0 spiro atoms. The summed E-state index contributed by atoms with van der Waals surface area (Å²) in [5.74, 6) is -3.53. The van der Waals surface area contributed by atoms with Crippen molar-refractivity contribution in [2.24, 2.45) is 22.7 Å². The summed E-state index contributed by atoms with van der Waals surface area (Å²) in [6.45, 7) is 5.87. The molecule has 0 bridgehead atoms. The van der Waals surface area contributed by atoms with Crippen LogP contribution in [0.1, 0.15) is 47.0 Å². The number of fused-ring (bicyclic) bond motifs is 7. The Morgan fingerprint density at radius 2 is 1.91 bits per heavy atom. The second-order valence-corrected chi connectivity index (χ2v) is 11.0. The zero-order chi connectivity index (χ0) is 23.5. The standard InChI is InChI=1S/C24H30F2O6/c1-20(2)31-19-9-13-14-8-16(25)15-7-12(28)5-6-21(15,3)23(14,26)17(29)10-22(13,4)24(19,32-20)18(30)11-27/h5-7,13-14,16-17,19,27,29H,8-11H2,1-4H3/t13?,14?,16-,17?,19+,21?,22?,23-,24?/m0/s1. The minimum atomic E-state index is -2.24. The van der Waals surface area contributed by atoms with Crippen LogP contribution in [0, 0.1) is 22.7 Å². The third-order valence-corrected chi connectivity index (χ3v) is 9.18. The maximum atomic E-state index is 17.1. The predicted molar refractivity (Wildman–Crippen MR) is 109 cm³/mol. The lowest BCUT2D eigenvalue weighted by atomic mass is 9.44. The molecule has 0 amide bonds. The summed E-state index contributed by atoms with van der Waals surface area (Å²) < 4.78 is 44.8. The molecule has 8 heteroatoms. The Hall–Kier alpha value is -1.48. The van der Waals surface area contributed by atoms with Crippen LogP contribution in [0.3, 0.4) is 0 Å². The third-order valence-electron chi connectivity index (χ3n) is 9.18. The Labute approximate surface area is 185 Å². The van der Waals surface area contributed by atoms with E-state index >= 15 is 8.78 Å². The second-order valence-electron chi connectivity index (χ2n) is 11.0. The molecule has 1 saturated heterocycles. The summed E-state index contributed by atoms with van der Waals surface area (Å²) in [4.78, 5) is 25.1. The van der Waals surface area contributed by atoms with Gasteiger partial charge in [-0.25, -0.2) is 8.78 Å². The highest BCUT2D eigenvalue weighted by Crippen LogP contribution is 2.72. The van der Waals surface area contributed by atoms with Crippen molar-refractivity contribution in [3.05, 3.63) is 23.8 Å². The van der Waals surface area contributed by atoms with Gasteiger partial charge in [0.1, 0.15) is 12.8 Å². The number of carbonyl (C=O) groups excluding carboxylic acids is 2. The number of rotatable bonds is 2. The first-order valence-electron chi connectivity index (χ1n) is 11.3. The summed E-state index contributed by atoms with van der Waals surface area (Å²) in [6, 6.07) is 0. The van der Waals surface area contributed by atoms with Gasteiger partial charge in [0.2, 0.25) is 0 Å². The van der Waals surface area contributed by atoms with Crippen molar-refractivity contribution < 1.29 is 38.1 Å². The molecule has 4 aliphatic carbocycles. The summed E-state index contributed by atoms with van der Waals surface area (Å²) in [7, 11) is 0. The van der Waals surface area contributed by atoms with Crippen LogP contribution in [0.2, 0.25) is 0 Å². The molecule has 9 atom stereocenters. The van der Waals surface area contributed by atoms with Gasteiger partial charge in [-0.1, -0.05) is 13.0 Å². The summed E-state index contributed by atoms with van der Waals surface area (Å²) >= 11 is 0. The number of hydrogen-bond acceptors (Lipinski definition) is 6. The van der Waals surface area contributed by atoms with Crippen LogP contribution < -0.4 is 0 Å². The van der Waals surface area contributed by atoms with Gasteiger partial charge < -0.3 is 19.7 Å². The fraction of sp³-hybridized carbons (Fsp3) is 0.750. The van der Waals surface area contributed by atoms with Gasteiger partial charge in [-0.2, -0.15) is 0 Å². The van der Waals surface area contributed by atoms with Crippen molar-refractivity contribution in [2.45, 2.75) is 82.4 Å². The van der Waals surface area contributed by atoms with Gasteiger partial charge >= 0.3 is 0 Å². The fourth-order valence-corrected chi connectivity index (χ4v) is 7.92. The van der Waals surface area contributed by atoms with Crippen LogP contribution in [0.15, 0.2) is 23.8 Å². The lowest BCUT2D eigenvalue weighted by Crippen LogP contribution is -2.71. The molecule has 3 saturated carbocycles. The van der Waals surface area contributed by atoms with Gasteiger partial charge in [0.25, 0.3) is 0 Å². The number of ether oxygens (including phenoxy) is 2. The molecule has 6 nitrogen and oxygen atoms in total. The van der Waals surface area contributed by atoms with Gasteiger partial charge in [0.05, 0.1) is 12.2 Å². The minimum absolute atomic E-state index is 0.0550. The van der Waals surface area contributed by atoms with Crippen LogP contribution in [0.25, 0.3) is 0 Å². The molecule has 32 heavy (non-hydrogen) atoms. The molecule has 0 aromatic carbocycles. The van der Waals surface area contributed by atoms with Gasteiger partial charge in [-0.05, 0) is 63.7 Å². The van der Waals surface area contributed by atoms with Crippen molar-refractivity contribution in [3.63, 3.8) is 0 Å². The smallest absolute Gasteiger partial charge is 0.193 e. The number of allylic oxidation sites excluding steroid dienone is 4. The molecule has 0 radical (unpaired) electrons. The first-order valence-corrected chi connectivity index (χ1v) is 11.3. The monoisotopic (exact) mass is 452 g/mol. The maximum Gasteiger partial charge on any atom is 0.193 e. The van der Waals surface area contributed by atoms with Gasteiger partial charge in [0.15, 0.2) is 28.6 Å². The summed E-state index contributed by atoms with van der Waals surface area (Å²) in [6.07, 6.45) is -0.151. The summed E-state index contributed by atoms with van der Waals surface area (Å²) in [5, 5.41) is 21.1. The molecule has 6 unspecified atom stereocenters. The van der Waals surface area contributed by atoms with Crippen molar-refractivity contribution in [2.75, 3.05) is 6.61 Å². The molecule has 2 N–H and O–H groups in total. The number of carbonyl (C=O) groups is 2. The quantitative estimate of drug-likeness (QED) is 0.668. The molecule has 1 aliphatic heterocycles. The number of aliphatic hydroxyl groups is 2. The molecule has 4 fully saturated rings. The van der Waals surface area contributed by atoms with E-state index in [1.54, 1.807) is 20.8 Å². The molecular weight excluding hydrogens is 422 g/mol. The molecule has 176 valence electrons. The Balaban J connectivity index is 1.66. The SMILES string of the molecule is CC1(C)O[C@@H]2CC3C4C[C@H](F)C5=CC(=O)C=CC5(C)[C@@]4(F)C(O)CC3(C)C2(C(=O)CO)O1. The van der Waals surface area contributed by atoms with Crippen LogP contribution >= 0.6 is 0 Å². The molecular formula is C24H30F2O6. The number of hydrogen-bond donors (Lipinski definition) is 2. The molecule has 1 heterocycles. The molecule has 5 rings (SSSR count). The topological polar surface area (TPSA) is 93.1 Å². The summed E-state index contributed by atoms with van der Waals surface area (Å²) in [5.41, 5.74) is -6.30. The zero-order valence-electron chi connectivity index (χ0n) is 18.7. The minimum Gasteiger partial charge on any atom is -0.390 e. The highest BCUT2D eigenvalue weighted by molar-refractivity contribution is 6.01. The van der Waals surface area contributed by atoms with E-state index in [9.17, 15) is 19.8 Å². The average molecular weight is 452 g/mol. The van der Waals surface area contributed by atoms with Crippen LogP contribution in [-0.4, -0.2) is 63.8 Å². The van der Waals surface area contributed by atoms with Crippen LogP contribution in [-0.2, 0) is 19.1 Å².